The Labute approximate surface area is 210 Å². The molecule has 198 valence electrons. The zero-order valence-corrected chi connectivity index (χ0v) is 21.2. The lowest BCUT2D eigenvalue weighted by Gasteiger charge is -2.12. The molecule has 0 atom stereocenters. The average Bonchev–Trinajstić information content (AvgIpc) is 2.74. The molecule has 0 fully saturated rings. The predicted molar refractivity (Wildman–Crippen MR) is 129 cm³/mol. The van der Waals surface area contributed by atoms with E-state index in [1.54, 1.807) is 0 Å². The van der Waals surface area contributed by atoms with Crippen molar-refractivity contribution in [1.29, 1.82) is 0 Å². The number of anilines is 2. The van der Waals surface area contributed by atoms with Gasteiger partial charge in [-0.25, -0.2) is 0 Å². The van der Waals surface area contributed by atoms with Crippen LogP contribution in [-0.2, 0) is 35.1 Å². The van der Waals surface area contributed by atoms with Gasteiger partial charge in [0.15, 0.2) is 0 Å². The number of carbonyl (C=O) groups is 1. The van der Waals surface area contributed by atoms with Crippen molar-refractivity contribution >= 4 is 69.8 Å². The number of fused-ring (bicyclic) bond motifs is 1. The molecular weight excluding hydrogens is 556 g/mol. The maximum absolute atomic E-state index is 12.1. The van der Waals surface area contributed by atoms with E-state index < -0.39 is 67.4 Å². The van der Waals surface area contributed by atoms with Gasteiger partial charge in [-0.15, -0.1) is 10.2 Å². The Morgan fingerprint density at radius 2 is 1.43 bits per heavy atom. The predicted octanol–water partition coefficient (Wildman–Crippen LogP) is 2.54. The van der Waals surface area contributed by atoms with E-state index in [-0.39, 0.29) is 22.8 Å². The number of hydrogen-bond donors (Lipinski definition) is 5. The highest BCUT2D eigenvalue weighted by Crippen LogP contribution is 2.39. The van der Waals surface area contributed by atoms with E-state index in [2.05, 4.69) is 15.5 Å². The van der Waals surface area contributed by atoms with Crippen molar-refractivity contribution in [2.45, 2.75) is 21.6 Å². The van der Waals surface area contributed by atoms with Crippen molar-refractivity contribution in [2.75, 3.05) is 18.2 Å². The van der Waals surface area contributed by atoms with Gasteiger partial charge >= 0.3 is 0 Å². The van der Waals surface area contributed by atoms with Gasteiger partial charge in [0.05, 0.1) is 23.4 Å². The second-order valence-electron chi connectivity index (χ2n) is 7.38. The van der Waals surface area contributed by atoms with Crippen LogP contribution in [0.2, 0.25) is 0 Å². The molecule has 3 aromatic rings. The van der Waals surface area contributed by atoms with E-state index in [0.717, 1.165) is 6.07 Å². The molecular formula is C19H18N4O11S3. The highest BCUT2D eigenvalue weighted by molar-refractivity contribution is 7.87. The van der Waals surface area contributed by atoms with Gasteiger partial charge in [0.25, 0.3) is 30.4 Å². The summed E-state index contributed by atoms with van der Waals surface area (Å²) in [4.78, 5) is 8.64. The summed E-state index contributed by atoms with van der Waals surface area (Å²) in [5.74, 6) is -0.402. The van der Waals surface area contributed by atoms with E-state index in [1.807, 2.05) is 0 Å². The second kappa shape index (κ2) is 9.65. The minimum absolute atomic E-state index is 0.0418. The number of carbonyl (C=O) groups excluding carboxylic acids is 1. The number of amides is 1. The number of azo groups is 1. The van der Waals surface area contributed by atoms with Gasteiger partial charge < -0.3 is 15.8 Å². The topological polar surface area (TPSA) is 252 Å². The minimum Gasteiger partial charge on any atom is -0.495 e. The van der Waals surface area contributed by atoms with Gasteiger partial charge in [-0.3, -0.25) is 18.5 Å². The van der Waals surface area contributed by atoms with Gasteiger partial charge in [-0.05, 0) is 35.7 Å². The number of nitrogens with zero attached hydrogens (tertiary/aromatic N) is 2. The van der Waals surface area contributed by atoms with Crippen LogP contribution in [0, 0.1) is 0 Å². The SMILES string of the molecule is COc1cc(/N=N/c2cc3c(S(=O)(=O)O)cc(S(=O)(=O)O)cc3cc2S(=O)(=O)O)c(NC(C)=O)cc1N. The van der Waals surface area contributed by atoms with E-state index in [9.17, 15) is 43.7 Å². The Morgan fingerprint density at radius 1 is 0.838 bits per heavy atom. The summed E-state index contributed by atoms with van der Waals surface area (Å²) < 4.78 is 105. The van der Waals surface area contributed by atoms with Crippen molar-refractivity contribution in [1.82, 2.24) is 0 Å². The van der Waals surface area contributed by atoms with E-state index >= 15 is 0 Å². The van der Waals surface area contributed by atoms with Gasteiger partial charge in [0, 0.05) is 18.4 Å². The molecule has 0 radical (unpaired) electrons. The Kier molecular flexibility index (Phi) is 7.28. The number of nitrogen functional groups attached to an aromatic ring is 1. The maximum Gasteiger partial charge on any atom is 0.296 e. The molecule has 0 unspecified atom stereocenters. The van der Waals surface area contributed by atoms with Crippen LogP contribution < -0.4 is 15.8 Å². The number of rotatable bonds is 7. The van der Waals surface area contributed by atoms with Crippen molar-refractivity contribution in [3.63, 3.8) is 0 Å². The van der Waals surface area contributed by atoms with Crippen LogP contribution in [0.4, 0.5) is 22.7 Å². The van der Waals surface area contributed by atoms with Crippen molar-refractivity contribution in [2.24, 2.45) is 10.2 Å². The van der Waals surface area contributed by atoms with Gasteiger partial charge in [0.2, 0.25) is 5.91 Å². The molecule has 0 saturated carbocycles. The standard InChI is InChI=1S/C19H18N4O11S3/c1-9(24)21-14-7-13(20)17(34-2)8-15(14)22-23-16-6-12-10(4-19(16)37(31,32)33)3-11(35(25,26)27)5-18(12)36(28,29)30/h3-8H,20H2,1-2H3,(H,21,24)(H,25,26,27)(H,28,29,30)(H,31,32,33)/b23-22+. The fourth-order valence-electron chi connectivity index (χ4n) is 3.21. The number of nitrogens with two attached hydrogens (primary N) is 1. The molecule has 6 N–H and O–H groups in total. The average molecular weight is 575 g/mol. The van der Waals surface area contributed by atoms with Crippen LogP contribution in [-0.4, -0.2) is 51.9 Å². The molecule has 0 heterocycles. The molecule has 0 bridgehead atoms. The fraction of sp³-hybridized carbons (Fsp3) is 0.105. The Bertz CT molecular complexity index is 1800. The third-order valence-electron chi connectivity index (χ3n) is 4.75. The van der Waals surface area contributed by atoms with Gasteiger partial charge in [0.1, 0.15) is 26.9 Å². The number of methoxy groups -OCH3 is 1. The zero-order chi connectivity index (χ0) is 27.9. The monoisotopic (exact) mass is 574 g/mol. The Balaban J connectivity index is 2.38. The molecule has 0 spiro atoms. The molecule has 0 aliphatic carbocycles. The molecule has 1 amide bonds. The van der Waals surface area contributed by atoms with Crippen LogP contribution in [0.3, 0.4) is 0 Å². The van der Waals surface area contributed by atoms with Crippen LogP contribution in [0.25, 0.3) is 10.8 Å². The zero-order valence-electron chi connectivity index (χ0n) is 18.8. The maximum atomic E-state index is 12.1. The normalized spacial score (nSPS) is 12.7. The van der Waals surface area contributed by atoms with Crippen LogP contribution in [0.1, 0.15) is 6.92 Å². The molecule has 18 heteroatoms. The molecule has 0 saturated heterocycles. The van der Waals surface area contributed by atoms with E-state index in [4.69, 9.17) is 10.5 Å². The summed E-state index contributed by atoms with van der Waals surface area (Å²) in [6, 6.07) is 5.16. The first-order chi connectivity index (χ1) is 16.9. The molecule has 3 rings (SSSR count). The van der Waals surface area contributed by atoms with Crippen molar-refractivity contribution in [3.8, 4) is 5.75 Å². The number of hydrogen-bond acceptors (Lipinski definition) is 11. The Morgan fingerprint density at radius 3 is 1.95 bits per heavy atom. The lowest BCUT2D eigenvalue weighted by Crippen LogP contribution is -2.06. The molecule has 3 aromatic carbocycles. The molecule has 15 nitrogen and oxygen atoms in total. The minimum atomic E-state index is -5.12. The first kappa shape index (κ1) is 27.9. The van der Waals surface area contributed by atoms with Crippen LogP contribution in [0.5, 0.6) is 5.75 Å². The summed E-state index contributed by atoms with van der Waals surface area (Å²) in [7, 11) is -13.9. The summed E-state index contributed by atoms with van der Waals surface area (Å²) in [6.45, 7) is 1.19. The Hall–Kier alpha value is -3.68. The van der Waals surface area contributed by atoms with E-state index in [0.29, 0.717) is 18.2 Å². The highest BCUT2D eigenvalue weighted by Gasteiger charge is 2.24. The molecule has 37 heavy (non-hydrogen) atoms. The van der Waals surface area contributed by atoms with Crippen LogP contribution >= 0.6 is 0 Å². The van der Waals surface area contributed by atoms with E-state index in [1.165, 1.54) is 26.2 Å². The number of benzene rings is 3. The first-order valence-corrected chi connectivity index (χ1v) is 13.9. The highest BCUT2D eigenvalue weighted by atomic mass is 32.2. The smallest absolute Gasteiger partial charge is 0.296 e. The molecule has 0 aromatic heterocycles. The largest absolute Gasteiger partial charge is 0.495 e. The van der Waals surface area contributed by atoms with Crippen molar-refractivity contribution in [3.05, 3.63) is 36.4 Å². The van der Waals surface area contributed by atoms with Gasteiger partial charge in [-0.1, -0.05) is 0 Å². The third kappa shape index (κ3) is 6.18. The molecule has 0 aliphatic heterocycles. The summed E-state index contributed by atoms with van der Waals surface area (Å²) in [6.07, 6.45) is 0. The molecule has 0 aliphatic rings. The van der Waals surface area contributed by atoms with Crippen LogP contribution in [0.15, 0.2) is 61.3 Å². The third-order valence-corrected chi connectivity index (χ3v) is 7.35. The number of ether oxygens (including phenoxy) is 1. The fourth-order valence-corrected chi connectivity index (χ4v) is 5.20. The summed E-state index contributed by atoms with van der Waals surface area (Å²) in [5.41, 5.74) is 5.26. The second-order valence-corrected chi connectivity index (χ2v) is 11.6. The quantitative estimate of drug-likeness (QED) is 0.155. The lowest BCUT2D eigenvalue weighted by molar-refractivity contribution is -0.114. The van der Waals surface area contributed by atoms with Crippen molar-refractivity contribution < 1.29 is 48.4 Å². The lowest BCUT2D eigenvalue weighted by atomic mass is 10.1. The first-order valence-electron chi connectivity index (χ1n) is 9.63. The summed E-state index contributed by atoms with van der Waals surface area (Å²) >= 11 is 0. The van der Waals surface area contributed by atoms with Gasteiger partial charge in [-0.2, -0.15) is 25.3 Å². The summed E-state index contributed by atoms with van der Waals surface area (Å²) in [5, 5.41) is 9.21. The number of nitrogens with one attached hydrogen (secondary N) is 1.